The van der Waals surface area contributed by atoms with E-state index in [-0.39, 0.29) is 12.8 Å². The largest absolute Gasteiger partial charge is 0.269 e. The van der Waals surface area contributed by atoms with Crippen LogP contribution >= 0.6 is 0 Å². The van der Waals surface area contributed by atoms with Crippen molar-refractivity contribution in [3.63, 3.8) is 0 Å². The van der Waals surface area contributed by atoms with Gasteiger partial charge in [0, 0.05) is 6.42 Å². The molecule has 0 fully saturated rings. The van der Waals surface area contributed by atoms with E-state index in [1.54, 1.807) is 6.07 Å². The van der Waals surface area contributed by atoms with Crippen molar-refractivity contribution in [2.75, 3.05) is 0 Å². The SMILES string of the molecule is N#CCCC(F)C(F)F. The van der Waals surface area contributed by atoms with E-state index in [1.165, 1.54) is 0 Å². The zero-order valence-electron chi connectivity index (χ0n) is 4.65. The first-order valence-electron chi connectivity index (χ1n) is 2.47. The third-order valence-electron chi connectivity index (χ3n) is 0.805. The molecule has 0 aliphatic heterocycles. The number of nitrogens with zero attached hydrogens (tertiary/aromatic N) is 1. The molecule has 0 aromatic carbocycles. The summed E-state index contributed by atoms with van der Waals surface area (Å²) in [5.74, 6) is 0. The maximum atomic E-state index is 11.8. The second kappa shape index (κ2) is 4.19. The van der Waals surface area contributed by atoms with Crippen LogP contribution in [0.3, 0.4) is 0 Å². The van der Waals surface area contributed by atoms with Crippen molar-refractivity contribution in [2.24, 2.45) is 0 Å². The van der Waals surface area contributed by atoms with Gasteiger partial charge < -0.3 is 0 Å². The highest BCUT2D eigenvalue weighted by atomic mass is 19.3. The topological polar surface area (TPSA) is 23.8 Å². The second-order valence-electron chi connectivity index (χ2n) is 1.55. The molecule has 0 saturated heterocycles. The van der Waals surface area contributed by atoms with Crippen LogP contribution in [0, 0.1) is 11.3 Å². The third-order valence-corrected chi connectivity index (χ3v) is 0.805. The first kappa shape index (κ1) is 8.28. The lowest BCUT2D eigenvalue weighted by Gasteiger charge is -2.01. The molecule has 0 bridgehead atoms. The summed E-state index contributed by atoms with van der Waals surface area (Å²) in [6.45, 7) is 0. The average Bonchev–Trinajstić information content (AvgIpc) is 1.82. The Morgan fingerprint density at radius 1 is 1.33 bits per heavy atom. The summed E-state index contributed by atoms with van der Waals surface area (Å²) in [7, 11) is 0. The van der Waals surface area contributed by atoms with Crippen LogP contribution in [0.2, 0.25) is 0 Å². The highest BCUT2D eigenvalue weighted by Gasteiger charge is 2.17. The fourth-order valence-electron chi connectivity index (χ4n) is 0.328. The van der Waals surface area contributed by atoms with Crippen LogP contribution in [-0.4, -0.2) is 12.6 Å². The third kappa shape index (κ3) is 3.83. The predicted octanol–water partition coefficient (Wildman–Crippen LogP) is 1.89. The Labute approximate surface area is 51.1 Å². The number of rotatable bonds is 3. The number of alkyl halides is 3. The van der Waals surface area contributed by atoms with Gasteiger partial charge in [-0.15, -0.1) is 0 Å². The van der Waals surface area contributed by atoms with Gasteiger partial charge >= 0.3 is 0 Å². The van der Waals surface area contributed by atoms with Gasteiger partial charge in [0.25, 0.3) is 6.43 Å². The number of halogens is 3. The van der Waals surface area contributed by atoms with Gasteiger partial charge in [0.05, 0.1) is 6.07 Å². The molecule has 52 valence electrons. The highest BCUT2D eigenvalue weighted by Crippen LogP contribution is 2.10. The van der Waals surface area contributed by atoms with Crippen molar-refractivity contribution < 1.29 is 13.2 Å². The average molecular weight is 137 g/mol. The summed E-state index contributed by atoms with van der Waals surface area (Å²) in [4.78, 5) is 0. The highest BCUT2D eigenvalue weighted by molar-refractivity contribution is 4.72. The second-order valence-corrected chi connectivity index (χ2v) is 1.55. The van der Waals surface area contributed by atoms with Crippen LogP contribution in [0.15, 0.2) is 0 Å². The molecular weight excluding hydrogens is 131 g/mol. The van der Waals surface area contributed by atoms with Crippen molar-refractivity contribution in [2.45, 2.75) is 25.4 Å². The Morgan fingerprint density at radius 3 is 2.22 bits per heavy atom. The van der Waals surface area contributed by atoms with Gasteiger partial charge in [-0.2, -0.15) is 5.26 Å². The van der Waals surface area contributed by atoms with E-state index in [0.29, 0.717) is 0 Å². The Balaban J connectivity index is 3.29. The van der Waals surface area contributed by atoms with Crippen molar-refractivity contribution in [1.29, 1.82) is 5.26 Å². The molecular formula is C5H6F3N. The van der Waals surface area contributed by atoms with E-state index in [4.69, 9.17) is 5.26 Å². The summed E-state index contributed by atoms with van der Waals surface area (Å²) in [6.07, 6.45) is -5.59. The molecule has 0 aliphatic carbocycles. The van der Waals surface area contributed by atoms with E-state index in [1.807, 2.05) is 0 Å². The van der Waals surface area contributed by atoms with Gasteiger partial charge in [-0.1, -0.05) is 0 Å². The predicted molar refractivity (Wildman–Crippen MR) is 25.7 cm³/mol. The standard InChI is InChI=1S/C5H6F3N/c6-4(5(7)8)2-1-3-9/h4-5H,1-2H2. The first-order chi connectivity index (χ1) is 4.18. The maximum absolute atomic E-state index is 11.8. The lowest BCUT2D eigenvalue weighted by Crippen LogP contribution is -2.10. The fourth-order valence-corrected chi connectivity index (χ4v) is 0.328. The normalized spacial score (nSPS) is 13.2. The molecule has 1 nitrogen and oxygen atoms in total. The lowest BCUT2D eigenvalue weighted by atomic mass is 10.2. The minimum atomic E-state index is -2.95. The van der Waals surface area contributed by atoms with Crippen LogP contribution in [0.5, 0.6) is 0 Å². The Kier molecular flexibility index (Phi) is 3.85. The molecule has 0 saturated carbocycles. The van der Waals surface area contributed by atoms with Crippen molar-refractivity contribution in [3.05, 3.63) is 0 Å². The molecule has 0 radical (unpaired) electrons. The Morgan fingerprint density at radius 2 is 1.89 bits per heavy atom. The fraction of sp³-hybridized carbons (Fsp3) is 0.800. The van der Waals surface area contributed by atoms with Crippen molar-refractivity contribution >= 4 is 0 Å². The van der Waals surface area contributed by atoms with E-state index in [9.17, 15) is 13.2 Å². The quantitative estimate of drug-likeness (QED) is 0.582. The molecule has 4 heteroatoms. The van der Waals surface area contributed by atoms with Gasteiger partial charge in [-0.3, -0.25) is 0 Å². The molecule has 1 unspecified atom stereocenters. The van der Waals surface area contributed by atoms with Crippen LogP contribution < -0.4 is 0 Å². The Hall–Kier alpha value is -0.720. The minimum Gasteiger partial charge on any atom is -0.241 e. The minimum absolute atomic E-state index is 0.147. The van der Waals surface area contributed by atoms with Crippen molar-refractivity contribution in [1.82, 2.24) is 0 Å². The van der Waals surface area contributed by atoms with Gasteiger partial charge in [0.15, 0.2) is 6.17 Å². The van der Waals surface area contributed by atoms with E-state index >= 15 is 0 Å². The van der Waals surface area contributed by atoms with Gasteiger partial charge in [-0.05, 0) is 6.42 Å². The Bertz CT molecular complexity index is 107. The van der Waals surface area contributed by atoms with Gasteiger partial charge in [-0.25, -0.2) is 13.2 Å². The van der Waals surface area contributed by atoms with E-state index in [0.717, 1.165) is 0 Å². The summed E-state index contributed by atoms with van der Waals surface area (Å²) in [5, 5.41) is 7.84. The van der Waals surface area contributed by atoms with Crippen molar-refractivity contribution in [3.8, 4) is 6.07 Å². The summed E-state index contributed by atoms with van der Waals surface area (Å²) < 4.78 is 34.3. The molecule has 0 heterocycles. The number of nitriles is 1. The first-order valence-corrected chi connectivity index (χ1v) is 2.47. The molecule has 0 aromatic heterocycles. The molecule has 1 atom stereocenters. The molecule has 0 N–H and O–H groups in total. The summed E-state index contributed by atoms with van der Waals surface area (Å²) >= 11 is 0. The zero-order valence-corrected chi connectivity index (χ0v) is 4.65. The smallest absolute Gasteiger partial charge is 0.241 e. The monoisotopic (exact) mass is 137 g/mol. The summed E-state index contributed by atoms with van der Waals surface area (Å²) in [5.41, 5.74) is 0. The molecule has 0 aromatic rings. The van der Waals surface area contributed by atoms with Crippen LogP contribution in [0.1, 0.15) is 12.8 Å². The molecule has 9 heavy (non-hydrogen) atoms. The lowest BCUT2D eigenvalue weighted by molar-refractivity contribution is 0.0462. The van der Waals surface area contributed by atoms with Crippen LogP contribution in [0.4, 0.5) is 13.2 Å². The molecule has 0 spiro atoms. The van der Waals surface area contributed by atoms with E-state index in [2.05, 4.69) is 0 Å². The van der Waals surface area contributed by atoms with E-state index < -0.39 is 12.6 Å². The zero-order chi connectivity index (χ0) is 7.28. The van der Waals surface area contributed by atoms with Crippen LogP contribution in [0.25, 0.3) is 0 Å². The van der Waals surface area contributed by atoms with Gasteiger partial charge in [0.1, 0.15) is 0 Å². The number of hydrogen-bond donors (Lipinski definition) is 0. The molecule has 0 amide bonds. The van der Waals surface area contributed by atoms with Crippen LogP contribution in [-0.2, 0) is 0 Å². The molecule has 0 aliphatic rings. The molecule has 0 rings (SSSR count). The maximum Gasteiger partial charge on any atom is 0.269 e. The number of hydrogen-bond acceptors (Lipinski definition) is 1. The van der Waals surface area contributed by atoms with Gasteiger partial charge in [0.2, 0.25) is 0 Å². The summed E-state index contributed by atoms with van der Waals surface area (Å²) in [6, 6.07) is 1.58.